The summed E-state index contributed by atoms with van der Waals surface area (Å²) in [7, 11) is -3.74. The zero-order chi connectivity index (χ0) is 16.0. The number of rotatable bonds is 6. The van der Waals surface area contributed by atoms with Crippen LogP contribution in [0.4, 0.5) is 4.79 Å². The summed E-state index contributed by atoms with van der Waals surface area (Å²) in [6.45, 7) is 6.07. The lowest BCUT2D eigenvalue weighted by Crippen LogP contribution is -2.47. The number of nitrogens with one attached hydrogen (secondary N) is 1. The fourth-order valence-corrected chi connectivity index (χ4v) is 1.44. The average Bonchev–Trinajstić information content (AvgIpc) is 2.20. The van der Waals surface area contributed by atoms with Gasteiger partial charge in [-0.3, -0.25) is 4.18 Å². The zero-order valence-electron chi connectivity index (χ0n) is 12.3. The molecular weight excluding hydrogens is 290 g/mol. The van der Waals surface area contributed by atoms with Gasteiger partial charge >= 0.3 is 12.1 Å². The van der Waals surface area contributed by atoms with E-state index in [1.54, 1.807) is 27.7 Å². The molecule has 8 nitrogen and oxygen atoms in total. The van der Waals surface area contributed by atoms with Gasteiger partial charge in [0.25, 0.3) is 10.1 Å². The summed E-state index contributed by atoms with van der Waals surface area (Å²) in [6.07, 6.45) is -0.0319. The molecule has 1 amide bonds. The van der Waals surface area contributed by atoms with Gasteiger partial charge in [-0.15, -0.1) is 0 Å². The molecule has 1 atom stereocenters. The van der Waals surface area contributed by atoms with Crippen LogP contribution in [0.5, 0.6) is 0 Å². The molecule has 20 heavy (non-hydrogen) atoms. The Hall–Kier alpha value is -1.35. The van der Waals surface area contributed by atoms with Gasteiger partial charge in [-0.05, 0) is 27.7 Å². The molecule has 0 bridgehead atoms. The largest absolute Gasteiger partial charge is 0.464 e. The predicted octanol–water partition coefficient (Wildman–Crippen LogP) is 0.419. The molecule has 0 aromatic rings. The van der Waals surface area contributed by atoms with Crippen LogP contribution in [0.25, 0.3) is 0 Å². The van der Waals surface area contributed by atoms with Crippen LogP contribution in [-0.4, -0.2) is 51.6 Å². The van der Waals surface area contributed by atoms with Gasteiger partial charge in [-0.25, -0.2) is 9.59 Å². The van der Waals surface area contributed by atoms with Gasteiger partial charge in [-0.1, -0.05) is 0 Å². The second-order valence-electron chi connectivity index (χ2n) is 4.94. The molecule has 9 heteroatoms. The van der Waals surface area contributed by atoms with E-state index in [9.17, 15) is 18.0 Å². The summed E-state index contributed by atoms with van der Waals surface area (Å²) in [5.74, 6) is -0.804. The van der Waals surface area contributed by atoms with Gasteiger partial charge < -0.3 is 14.8 Å². The smallest absolute Gasteiger partial charge is 0.408 e. The molecule has 0 spiro atoms. The summed E-state index contributed by atoms with van der Waals surface area (Å²) < 4.78 is 36.0. The van der Waals surface area contributed by atoms with Gasteiger partial charge in [0.2, 0.25) is 0 Å². The van der Waals surface area contributed by atoms with Crippen LogP contribution < -0.4 is 5.32 Å². The highest BCUT2D eigenvalue weighted by Gasteiger charge is 2.26. The summed E-state index contributed by atoms with van der Waals surface area (Å²) in [5.41, 5.74) is -0.749. The molecule has 0 aromatic heterocycles. The zero-order valence-corrected chi connectivity index (χ0v) is 13.1. The minimum Gasteiger partial charge on any atom is -0.464 e. The van der Waals surface area contributed by atoms with Gasteiger partial charge in [0, 0.05) is 0 Å². The van der Waals surface area contributed by atoms with E-state index in [4.69, 9.17) is 9.47 Å². The molecule has 0 aliphatic carbocycles. The maximum absolute atomic E-state index is 11.6. The van der Waals surface area contributed by atoms with Crippen molar-refractivity contribution >= 4 is 22.2 Å². The predicted molar refractivity (Wildman–Crippen MR) is 70.6 cm³/mol. The quantitative estimate of drug-likeness (QED) is 0.559. The SMILES string of the molecule is CCOC(=O)C(COS(C)(=O)=O)NC(=O)OC(C)(C)C. The van der Waals surface area contributed by atoms with Crippen molar-refractivity contribution in [3.8, 4) is 0 Å². The fourth-order valence-electron chi connectivity index (χ4n) is 1.05. The lowest BCUT2D eigenvalue weighted by molar-refractivity contribution is -0.146. The van der Waals surface area contributed by atoms with Crippen molar-refractivity contribution in [3.05, 3.63) is 0 Å². The van der Waals surface area contributed by atoms with E-state index in [0.29, 0.717) is 0 Å². The van der Waals surface area contributed by atoms with Gasteiger partial charge in [0.05, 0.1) is 19.5 Å². The minimum atomic E-state index is -3.74. The lowest BCUT2D eigenvalue weighted by Gasteiger charge is -2.22. The van der Waals surface area contributed by atoms with E-state index in [0.717, 1.165) is 6.26 Å². The first-order chi connectivity index (χ1) is 8.94. The lowest BCUT2D eigenvalue weighted by atomic mass is 10.2. The van der Waals surface area contributed by atoms with Crippen LogP contribution in [0.3, 0.4) is 0 Å². The van der Waals surface area contributed by atoms with E-state index in [1.165, 1.54) is 0 Å². The van der Waals surface area contributed by atoms with E-state index >= 15 is 0 Å². The van der Waals surface area contributed by atoms with Crippen molar-refractivity contribution in [2.24, 2.45) is 0 Å². The summed E-state index contributed by atoms with van der Waals surface area (Å²) in [5, 5.41) is 2.21. The number of carbonyl (C=O) groups is 2. The molecule has 0 saturated carbocycles. The molecule has 0 saturated heterocycles. The van der Waals surface area contributed by atoms with Crippen molar-refractivity contribution in [3.63, 3.8) is 0 Å². The third-order valence-corrected chi connectivity index (χ3v) is 2.28. The molecule has 0 heterocycles. The van der Waals surface area contributed by atoms with Crippen molar-refractivity contribution in [2.75, 3.05) is 19.5 Å². The number of carbonyl (C=O) groups excluding carboxylic acids is 2. The molecule has 118 valence electrons. The molecular formula is C11H21NO7S. The van der Waals surface area contributed by atoms with E-state index in [2.05, 4.69) is 9.50 Å². The van der Waals surface area contributed by atoms with E-state index < -0.39 is 40.4 Å². The Morgan fingerprint density at radius 3 is 2.20 bits per heavy atom. The molecule has 0 aliphatic rings. The maximum Gasteiger partial charge on any atom is 0.408 e. The van der Waals surface area contributed by atoms with Crippen LogP contribution in [0, 0.1) is 0 Å². The number of hydrogen-bond donors (Lipinski definition) is 1. The number of amides is 1. The maximum atomic E-state index is 11.6. The second kappa shape index (κ2) is 7.44. The van der Waals surface area contributed by atoms with Crippen molar-refractivity contribution in [2.45, 2.75) is 39.3 Å². The summed E-state index contributed by atoms with van der Waals surface area (Å²) in [6, 6.07) is -1.26. The molecule has 0 aromatic carbocycles. The number of alkyl carbamates (subject to hydrolysis) is 1. The molecule has 1 N–H and O–H groups in total. The van der Waals surface area contributed by atoms with E-state index in [-0.39, 0.29) is 6.61 Å². The molecule has 1 unspecified atom stereocenters. The second-order valence-corrected chi connectivity index (χ2v) is 6.58. The van der Waals surface area contributed by atoms with Crippen molar-refractivity contribution in [1.82, 2.24) is 5.32 Å². The Bertz CT molecular complexity index is 438. The topological polar surface area (TPSA) is 108 Å². The van der Waals surface area contributed by atoms with Crippen LogP contribution in [0.2, 0.25) is 0 Å². The Morgan fingerprint density at radius 1 is 1.25 bits per heavy atom. The van der Waals surface area contributed by atoms with Crippen LogP contribution >= 0.6 is 0 Å². The summed E-state index contributed by atoms with van der Waals surface area (Å²) >= 11 is 0. The standard InChI is InChI=1S/C11H21NO7S/c1-6-17-9(13)8(7-18-20(5,15)16)12-10(14)19-11(2,3)4/h8H,6-7H2,1-5H3,(H,12,14). The van der Waals surface area contributed by atoms with Crippen molar-refractivity contribution < 1.29 is 31.7 Å². The van der Waals surface area contributed by atoms with Gasteiger partial charge in [-0.2, -0.15) is 8.42 Å². The average molecular weight is 311 g/mol. The minimum absolute atomic E-state index is 0.0875. The highest BCUT2D eigenvalue weighted by Crippen LogP contribution is 2.07. The number of hydrogen-bond acceptors (Lipinski definition) is 7. The molecule has 0 rings (SSSR count). The summed E-state index contributed by atoms with van der Waals surface area (Å²) in [4.78, 5) is 23.2. The van der Waals surface area contributed by atoms with E-state index in [1.807, 2.05) is 0 Å². The number of ether oxygens (including phenoxy) is 2. The Labute approximate surface area is 118 Å². The van der Waals surface area contributed by atoms with Crippen LogP contribution in [0.1, 0.15) is 27.7 Å². The third kappa shape index (κ3) is 9.56. The first-order valence-corrected chi connectivity index (χ1v) is 7.77. The first-order valence-electron chi connectivity index (χ1n) is 5.95. The molecule has 0 fully saturated rings. The third-order valence-electron chi connectivity index (χ3n) is 1.71. The Morgan fingerprint density at radius 2 is 1.80 bits per heavy atom. The molecule has 0 aliphatic heterocycles. The monoisotopic (exact) mass is 311 g/mol. The Kier molecular flexibility index (Phi) is 6.94. The van der Waals surface area contributed by atoms with Crippen LogP contribution in [0.15, 0.2) is 0 Å². The van der Waals surface area contributed by atoms with Gasteiger partial charge in [0.1, 0.15) is 5.60 Å². The first kappa shape index (κ1) is 18.7. The Balaban J connectivity index is 4.69. The highest BCUT2D eigenvalue weighted by atomic mass is 32.2. The van der Waals surface area contributed by atoms with Crippen LogP contribution in [-0.2, 0) is 28.6 Å². The fraction of sp³-hybridized carbons (Fsp3) is 0.818. The van der Waals surface area contributed by atoms with Gasteiger partial charge in [0.15, 0.2) is 6.04 Å². The van der Waals surface area contributed by atoms with Crippen molar-refractivity contribution in [1.29, 1.82) is 0 Å². The highest BCUT2D eigenvalue weighted by molar-refractivity contribution is 7.85. The molecule has 0 radical (unpaired) electrons. The number of esters is 1. The normalized spacial score (nSPS) is 13.4.